The summed E-state index contributed by atoms with van der Waals surface area (Å²) in [5.41, 5.74) is 4.58. The maximum absolute atomic E-state index is 12.3. The Hall–Kier alpha value is -4.87. The molecule has 2 aromatic heterocycles. The van der Waals surface area contributed by atoms with Crippen molar-refractivity contribution in [3.63, 3.8) is 0 Å². The van der Waals surface area contributed by atoms with Crippen LogP contribution in [0.15, 0.2) is 84.9 Å². The van der Waals surface area contributed by atoms with E-state index >= 15 is 0 Å². The summed E-state index contributed by atoms with van der Waals surface area (Å²) < 4.78 is 10.9. The lowest BCUT2D eigenvalue weighted by molar-refractivity contribution is 0.0230. The minimum Gasteiger partial charge on any atom is -0.444 e. The Balaban J connectivity index is 0.000000178. The quantitative estimate of drug-likeness (QED) is 0.0981. The second-order valence-corrected chi connectivity index (χ2v) is 19.3. The summed E-state index contributed by atoms with van der Waals surface area (Å²) in [5, 5.41) is 21.9. The van der Waals surface area contributed by atoms with Crippen LogP contribution >= 0.6 is 58.0 Å². The molecular formula is C46H50BCl5N8O6. The summed E-state index contributed by atoms with van der Waals surface area (Å²) in [7, 11) is -1.47. The number of hydrogen-bond donors (Lipinski definition) is 2. The SMILES string of the molecule is CC(C)(C)OC(=O)N1CCN(c2cccc(-c3nc(Cl)nc4ccc(Cl)cc34)c2)CC1.CC(C)(C)OC(=O)N1CCN(c2cccc(B(O)O)c2)CC1.Clc1ccc2nc(Cl)nc(Cl)c2c1. The first kappa shape index (κ1) is 50.5. The van der Waals surface area contributed by atoms with Gasteiger partial charge in [0.15, 0.2) is 0 Å². The highest BCUT2D eigenvalue weighted by molar-refractivity contribution is 6.58. The van der Waals surface area contributed by atoms with Gasteiger partial charge in [0.25, 0.3) is 0 Å². The zero-order valence-electron chi connectivity index (χ0n) is 37.3. The standard InChI is InChI=1S/C23H24Cl2N4O2.C15H23BN2O4.C8H3Cl3N2/c1-23(2,3)31-22(30)29-11-9-28(10-12-29)17-6-4-5-15(13-17)20-18-14-16(24)7-8-19(18)26-21(25)27-20;1-15(2,3)22-14(19)18-9-7-17(8-10-18)13-6-4-5-12(11-13)16(20)21;9-4-1-2-6-5(3-4)7(10)13-8(11)12-6/h4-8,13-14H,9-12H2,1-3H3;4-6,11,20-21H,7-10H2,1-3H3;1-3H. The van der Waals surface area contributed by atoms with Gasteiger partial charge in [0, 0.05) is 90.1 Å². The number of rotatable bonds is 4. The number of fused-ring (bicyclic) bond motifs is 2. The average Bonchev–Trinajstić information content (AvgIpc) is 3.26. The largest absolute Gasteiger partial charge is 0.488 e. The molecule has 4 aromatic carbocycles. The molecule has 6 aromatic rings. The highest BCUT2D eigenvalue weighted by Crippen LogP contribution is 2.32. The van der Waals surface area contributed by atoms with Crippen molar-refractivity contribution in [3.8, 4) is 11.3 Å². The molecule has 2 saturated heterocycles. The molecule has 0 spiro atoms. The molecular weight excluding hydrogens is 949 g/mol. The summed E-state index contributed by atoms with van der Waals surface area (Å²) in [4.78, 5) is 48.7. The lowest BCUT2D eigenvalue weighted by atomic mass is 9.80. The molecule has 348 valence electrons. The fourth-order valence-corrected chi connectivity index (χ4v) is 7.98. The molecule has 0 radical (unpaired) electrons. The molecule has 8 rings (SSSR count). The summed E-state index contributed by atoms with van der Waals surface area (Å²) in [6.07, 6.45) is -0.549. The Morgan fingerprint density at radius 1 is 0.561 bits per heavy atom. The molecule has 0 unspecified atom stereocenters. The van der Waals surface area contributed by atoms with Crippen LogP contribution in [-0.2, 0) is 9.47 Å². The third-order valence-electron chi connectivity index (χ3n) is 10.1. The number of carbonyl (C=O) groups excluding carboxylic acids is 2. The van der Waals surface area contributed by atoms with Gasteiger partial charge in [0.05, 0.1) is 16.7 Å². The van der Waals surface area contributed by atoms with Crippen molar-refractivity contribution >= 4 is 116 Å². The van der Waals surface area contributed by atoms with Gasteiger partial charge in [-0.15, -0.1) is 0 Å². The minimum atomic E-state index is -1.47. The number of hydrogen-bond acceptors (Lipinski definition) is 12. The number of amides is 2. The number of halogens is 5. The van der Waals surface area contributed by atoms with Crippen molar-refractivity contribution in [1.82, 2.24) is 29.7 Å². The number of aromatic nitrogens is 4. The summed E-state index contributed by atoms with van der Waals surface area (Å²) in [5.74, 6) is 0. The molecule has 0 atom stereocenters. The molecule has 2 N–H and O–H groups in total. The smallest absolute Gasteiger partial charge is 0.444 e. The van der Waals surface area contributed by atoms with Crippen LogP contribution in [0.2, 0.25) is 25.8 Å². The predicted octanol–water partition coefficient (Wildman–Crippen LogP) is 9.67. The summed E-state index contributed by atoms with van der Waals surface area (Å²) >= 11 is 29.6. The highest BCUT2D eigenvalue weighted by Gasteiger charge is 2.28. The van der Waals surface area contributed by atoms with Gasteiger partial charge in [-0.3, -0.25) is 0 Å². The van der Waals surface area contributed by atoms with Crippen LogP contribution in [0.3, 0.4) is 0 Å². The molecule has 20 heteroatoms. The lowest BCUT2D eigenvalue weighted by Gasteiger charge is -2.36. The fourth-order valence-electron chi connectivity index (χ4n) is 7.01. The van der Waals surface area contributed by atoms with Crippen LogP contribution < -0.4 is 15.3 Å². The number of ether oxygens (including phenoxy) is 2. The van der Waals surface area contributed by atoms with E-state index in [-0.39, 0.29) is 22.8 Å². The van der Waals surface area contributed by atoms with E-state index < -0.39 is 18.3 Å². The van der Waals surface area contributed by atoms with E-state index in [2.05, 4.69) is 41.9 Å². The Kier molecular flexibility index (Phi) is 16.7. The number of carbonyl (C=O) groups is 2. The number of benzene rings is 4. The monoisotopic (exact) mass is 996 g/mol. The van der Waals surface area contributed by atoms with E-state index in [4.69, 9.17) is 67.5 Å². The zero-order chi connectivity index (χ0) is 47.9. The van der Waals surface area contributed by atoms with Gasteiger partial charge in [-0.1, -0.05) is 59.1 Å². The van der Waals surface area contributed by atoms with Crippen molar-refractivity contribution in [2.24, 2.45) is 0 Å². The van der Waals surface area contributed by atoms with Crippen molar-refractivity contribution in [2.45, 2.75) is 52.7 Å². The van der Waals surface area contributed by atoms with Crippen LogP contribution in [0, 0.1) is 0 Å². The first-order chi connectivity index (χ1) is 31.1. The normalized spacial score (nSPS) is 14.3. The maximum atomic E-state index is 12.3. The fraction of sp³-hybridized carbons (Fsp3) is 0.348. The molecule has 2 aliphatic rings. The zero-order valence-corrected chi connectivity index (χ0v) is 41.1. The van der Waals surface area contributed by atoms with E-state index in [0.717, 1.165) is 46.6 Å². The minimum absolute atomic E-state index is 0.139. The van der Waals surface area contributed by atoms with Gasteiger partial charge in [-0.05, 0) is 131 Å². The van der Waals surface area contributed by atoms with E-state index in [1.165, 1.54) is 0 Å². The molecule has 0 aliphatic carbocycles. The molecule has 14 nitrogen and oxygen atoms in total. The molecule has 2 amide bonds. The third-order valence-corrected chi connectivity index (χ3v) is 11.2. The summed E-state index contributed by atoms with van der Waals surface area (Å²) in [6.45, 7) is 16.4. The number of anilines is 2. The Bertz CT molecular complexity index is 2670. The van der Waals surface area contributed by atoms with Crippen LogP contribution in [-0.4, -0.2) is 123 Å². The summed E-state index contributed by atoms with van der Waals surface area (Å²) in [6, 6.07) is 26.0. The van der Waals surface area contributed by atoms with Crippen molar-refractivity contribution in [3.05, 3.63) is 111 Å². The van der Waals surface area contributed by atoms with Crippen molar-refractivity contribution in [2.75, 3.05) is 62.2 Å². The van der Waals surface area contributed by atoms with Crippen molar-refractivity contribution in [1.29, 1.82) is 0 Å². The van der Waals surface area contributed by atoms with Crippen molar-refractivity contribution < 1.29 is 29.1 Å². The first-order valence-electron chi connectivity index (χ1n) is 21.1. The Morgan fingerprint density at radius 2 is 1.02 bits per heavy atom. The molecule has 0 bridgehead atoms. The van der Waals surface area contributed by atoms with Gasteiger partial charge in [0.1, 0.15) is 16.4 Å². The van der Waals surface area contributed by atoms with E-state index in [1.807, 2.05) is 71.9 Å². The van der Waals surface area contributed by atoms with Gasteiger partial charge in [-0.25, -0.2) is 29.5 Å². The van der Waals surface area contributed by atoms with Gasteiger partial charge < -0.3 is 39.1 Å². The maximum Gasteiger partial charge on any atom is 0.488 e. The third kappa shape index (κ3) is 14.1. The van der Waals surface area contributed by atoms with Gasteiger partial charge >= 0.3 is 19.3 Å². The van der Waals surface area contributed by atoms with Crippen LogP contribution in [0.25, 0.3) is 33.1 Å². The first-order valence-corrected chi connectivity index (χ1v) is 22.9. The Labute approximate surface area is 409 Å². The molecule has 2 fully saturated rings. The second kappa shape index (κ2) is 21.8. The predicted molar refractivity (Wildman–Crippen MR) is 266 cm³/mol. The lowest BCUT2D eigenvalue weighted by Crippen LogP contribution is -2.50. The molecule has 4 heterocycles. The van der Waals surface area contributed by atoms with Crippen LogP contribution in [0.4, 0.5) is 21.0 Å². The molecule has 0 saturated carbocycles. The van der Waals surface area contributed by atoms with Crippen LogP contribution in [0.1, 0.15) is 41.5 Å². The number of piperazine rings is 2. The van der Waals surface area contributed by atoms with E-state index in [9.17, 15) is 19.6 Å². The molecule has 66 heavy (non-hydrogen) atoms. The Morgan fingerprint density at radius 3 is 1.52 bits per heavy atom. The second-order valence-electron chi connectivity index (χ2n) is 17.4. The molecule has 2 aliphatic heterocycles. The van der Waals surface area contributed by atoms with Gasteiger partial charge in [0.2, 0.25) is 10.6 Å². The topological polar surface area (TPSA) is 158 Å². The number of nitrogens with zero attached hydrogens (tertiary/aromatic N) is 8. The van der Waals surface area contributed by atoms with Gasteiger partial charge in [-0.2, -0.15) is 0 Å². The average molecular weight is 999 g/mol. The van der Waals surface area contributed by atoms with E-state index in [1.54, 1.807) is 52.3 Å². The highest BCUT2D eigenvalue weighted by atomic mass is 35.5. The van der Waals surface area contributed by atoms with E-state index in [0.29, 0.717) is 70.8 Å². The van der Waals surface area contributed by atoms with Crippen LogP contribution in [0.5, 0.6) is 0 Å².